The number of hydrogen-bond donors (Lipinski definition) is 2. The van der Waals surface area contributed by atoms with Gasteiger partial charge in [-0.2, -0.15) is 8.78 Å². The number of carbonyl (C=O) groups excluding carboxylic acids is 2. The van der Waals surface area contributed by atoms with Crippen molar-refractivity contribution >= 4 is 35.0 Å². The average molecular weight is 489 g/mol. The Labute approximate surface area is 199 Å². The summed E-state index contributed by atoms with van der Waals surface area (Å²) >= 11 is 0.347. The van der Waals surface area contributed by atoms with Gasteiger partial charge in [0.05, 0.1) is 19.9 Å². The van der Waals surface area contributed by atoms with E-state index in [1.54, 1.807) is 49.6 Å². The monoisotopic (exact) mass is 488 g/mol. The number of rotatable bonds is 10. The summed E-state index contributed by atoms with van der Waals surface area (Å²) in [6.07, 6.45) is 0. The highest BCUT2D eigenvalue weighted by Gasteiger charge is 2.16. The molecule has 0 aliphatic rings. The molecule has 0 radical (unpaired) electrons. The van der Waals surface area contributed by atoms with Crippen LogP contribution in [0.4, 0.5) is 20.2 Å². The summed E-state index contributed by atoms with van der Waals surface area (Å²) in [5, 5.41) is 5.32. The molecule has 0 heterocycles. The molecule has 0 atom stereocenters. The Morgan fingerprint density at radius 2 is 1.65 bits per heavy atom. The highest BCUT2D eigenvalue weighted by atomic mass is 32.2. The number of methoxy groups -OCH3 is 2. The molecule has 178 valence electrons. The predicted molar refractivity (Wildman–Crippen MR) is 126 cm³/mol. The predicted octanol–water partition coefficient (Wildman–Crippen LogP) is 5.29. The zero-order chi connectivity index (χ0) is 24.5. The number of para-hydroxylation sites is 1. The number of hydrogen-bond acceptors (Lipinski definition) is 6. The Morgan fingerprint density at radius 3 is 2.32 bits per heavy atom. The Kier molecular flexibility index (Phi) is 8.69. The van der Waals surface area contributed by atoms with Crippen molar-refractivity contribution in [3.63, 3.8) is 0 Å². The molecule has 3 aromatic carbocycles. The molecule has 0 unspecified atom stereocenters. The van der Waals surface area contributed by atoms with Gasteiger partial charge in [0.2, 0.25) is 0 Å². The van der Waals surface area contributed by atoms with Crippen molar-refractivity contribution in [3.8, 4) is 17.2 Å². The van der Waals surface area contributed by atoms with Crippen LogP contribution in [0.15, 0.2) is 71.6 Å². The van der Waals surface area contributed by atoms with Gasteiger partial charge < -0.3 is 24.8 Å². The lowest BCUT2D eigenvalue weighted by atomic mass is 10.2. The molecular formula is C24H22F2N2O5S. The molecule has 0 bridgehead atoms. The number of ether oxygens (including phenoxy) is 3. The summed E-state index contributed by atoms with van der Waals surface area (Å²) in [4.78, 5) is 25.1. The number of alkyl halides is 2. The summed E-state index contributed by atoms with van der Waals surface area (Å²) < 4.78 is 41.4. The first-order valence-corrected chi connectivity index (χ1v) is 10.9. The second-order valence-electron chi connectivity index (χ2n) is 6.76. The minimum atomic E-state index is -2.61. The van der Waals surface area contributed by atoms with E-state index in [2.05, 4.69) is 10.6 Å². The summed E-state index contributed by atoms with van der Waals surface area (Å²) in [7, 11) is 2.95. The SMILES string of the molecule is COc1ccc(NC(=O)COc2ccc(C(=O)Nc3ccccc3SC(F)F)cc2OC)cc1. The van der Waals surface area contributed by atoms with E-state index < -0.39 is 11.7 Å². The molecule has 3 aromatic rings. The van der Waals surface area contributed by atoms with Gasteiger partial charge in [0.1, 0.15) is 5.75 Å². The van der Waals surface area contributed by atoms with E-state index >= 15 is 0 Å². The van der Waals surface area contributed by atoms with Crippen LogP contribution in [-0.4, -0.2) is 38.4 Å². The Hall–Kier alpha value is -3.79. The molecule has 10 heteroatoms. The van der Waals surface area contributed by atoms with E-state index in [1.165, 1.54) is 31.4 Å². The van der Waals surface area contributed by atoms with E-state index in [-0.39, 0.29) is 40.2 Å². The lowest BCUT2D eigenvalue weighted by molar-refractivity contribution is -0.118. The third-order valence-electron chi connectivity index (χ3n) is 4.51. The van der Waals surface area contributed by atoms with Crippen LogP contribution in [0.1, 0.15) is 10.4 Å². The molecule has 0 saturated carbocycles. The molecule has 2 N–H and O–H groups in total. The van der Waals surface area contributed by atoms with E-state index in [0.717, 1.165) is 0 Å². The highest BCUT2D eigenvalue weighted by molar-refractivity contribution is 7.99. The first-order valence-electron chi connectivity index (χ1n) is 9.99. The zero-order valence-corrected chi connectivity index (χ0v) is 19.2. The van der Waals surface area contributed by atoms with Crippen LogP contribution in [0, 0.1) is 0 Å². The normalized spacial score (nSPS) is 10.5. The third kappa shape index (κ3) is 6.85. The largest absolute Gasteiger partial charge is 0.497 e. The van der Waals surface area contributed by atoms with Gasteiger partial charge in [-0.25, -0.2) is 0 Å². The Morgan fingerprint density at radius 1 is 0.912 bits per heavy atom. The topological polar surface area (TPSA) is 85.9 Å². The van der Waals surface area contributed by atoms with Gasteiger partial charge in [-0.15, -0.1) is 0 Å². The van der Waals surface area contributed by atoms with Crippen LogP contribution >= 0.6 is 11.8 Å². The van der Waals surface area contributed by atoms with E-state index in [1.807, 2.05) is 0 Å². The van der Waals surface area contributed by atoms with E-state index in [0.29, 0.717) is 23.2 Å². The number of amides is 2. The maximum Gasteiger partial charge on any atom is 0.288 e. The number of halogens is 2. The van der Waals surface area contributed by atoms with Crippen LogP contribution in [0.2, 0.25) is 0 Å². The van der Waals surface area contributed by atoms with Crippen LogP contribution in [0.25, 0.3) is 0 Å². The number of carbonyl (C=O) groups is 2. The van der Waals surface area contributed by atoms with Crippen molar-refractivity contribution in [1.82, 2.24) is 0 Å². The number of nitrogens with one attached hydrogen (secondary N) is 2. The quantitative estimate of drug-likeness (QED) is 0.377. The summed E-state index contributed by atoms with van der Waals surface area (Å²) in [6.45, 7) is -0.286. The van der Waals surface area contributed by atoms with E-state index in [4.69, 9.17) is 14.2 Å². The van der Waals surface area contributed by atoms with Gasteiger partial charge in [-0.3, -0.25) is 9.59 Å². The minimum absolute atomic E-state index is 0.226. The highest BCUT2D eigenvalue weighted by Crippen LogP contribution is 2.33. The lowest BCUT2D eigenvalue weighted by Gasteiger charge is -2.13. The second kappa shape index (κ2) is 11.9. The van der Waals surface area contributed by atoms with Crippen molar-refractivity contribution in [2.75, 3.05) is 31.5 Å². The van der Waals surface area contributed by atoms with Crippen LogP contribution in [0.3, 0.4) is 0 Å². The first-order chi connectivity index (χ1) is 16.4. The molecule has 0 aliphatic heterocycles. The molecule has 0 spiro atoms. The maximum absolute atomic E-state index is 12.8. The van der Waals surface area contributed by atoms with Gasteiger partial charge in [0, 0.05) is 16.1 Å². The third-order valence-corrected chi connectivity index (χ3v) is 5.30. The number of anilines is 2. The maximum atomic E-state index is 12.8. The molecular weight excluding hydrogens is 466 g/mol. The molecule has 2 amide bonds. The molecule has 3 rings (SSSR count). The molecule has 0 aliphatic carbocycles. The number of benzene rings is 3. The number of thioether (sulfide) groups is 1. The zero-order valence-electron chi connectivity index (χ0n) is 18.3. The van der Waals surface area contributed by atoms with Gasteiger partial charge in [0.15, 0.2) is 18.1 Å². The fraction of sp³-hybridized carbons (Fsp3) is 0.167. The van der Waals surface area contributed by atoms with E-state index in [9.17, 15) is 18.4 Å². The van der Waals surface area contributed by atoms with Gasteiger partial charge in [0.25, 0.3) is 17.6 Å². The summed E-state index contributed by atoms with van der Waals surface area (Å²) in [5.41, 5.74) is 1.08. The van der Waals surface area contributed by atoms with Gasteiger partial charge >= 0.3 is 0 Å². The first kappa shape index (κ1) is 24.8. The van der Waals surface area contributed by atoms with Crippen molar-refractivity contribution in [2.45, 2.75) is 10.7 Å². The molecule has 0 aromatic heterocycles. The van der Waals surface area contributed by atoms with Crippen LogP contribution in [-0.2, 0) is 4.79 Å². The standard InChI is InChI=1S/C24H22F2N2O5S/c1-31-17-10-8-16(9-11-17)27-22(29)14-33-19-12-7-15(13-20(19)32-2)23(30)28-18-5-3-4-6-21(18)34-24(25)26/h3-13,24H,14H2,1-2H3,(H,27,29)(H,28,30). The smallest absolute Gasteiger partial charge is 0.288 e. The van der Waals surface area contributed by atoms with Crippen molar-refractivity contribution in [2.24, 2.45) is 0 Å². The van der Waals surface area contributed by atoms with Crippen LogP contribution < -0.4 is 24.8 Å². The van der Waals surface area contributed by atoms with Crippen molar-refractivity contribution in [3.05, 3.63) is 72.3 Å². The lowest BCUT2D eigenvalue weighted by Crippen LogP contribution is -2.20. The summed E-state index contributed by atoms with van der Waals surface area (Å²) in [5.74, 6) is -2.35. The average Bonchev–Trinajstić information content (AvgIpc) is 2.84. The van der Waals surface area contributed by atoms with Crippen LogP contribution in [0.5, 0.6) is 17.2 Å². The Bertz CT molecular complexity index is 1140. The Balaban J connectivity index is 1.63. The van der Waals surface area contributed by atoms with Gasteiger partial charge in [-0.1, -0.05) is 23.9 Å². The van der Waals surface area contributed by atoms with Gasteiger partial charge in [-0.05, 0) is 54.6 Å². The minimum Gasteiger partial charge on any atom is -0.497 e. The van der Waals surface area contributed by atoms with Crippen molar-refractivity contribution in [1.29, 1.82) is 0 Å². The van der Waals surface area contributed by atoms with Crippen molar-refractivity contribution < 1.29 is 32.6 Å². The molecule has 7 nitrogen and oxygen atoms in total. The summed E-state index contributed by atoms with van der Waals surface area (Å²) in [6, 6.07) is 17.5. The molecule has 0 fully saturated rings. The molecule has 0 saturated heterocycles. The molecule has 34 heavy (non-hydrogen) atoms. The second-order valence-corrected chi connectivity index (χ2v) is 7.79. The fourth-order valence-corrected chi connectivity index (χ4v) is 3.50. The fourth-order valence-electron chi connectivity index (χ4n) is 2.91.